The monoisotopic (exact) mass is 171 g/mol. The second-order valence-electron chi connectivity index (χ2n) is 3.18. The van der Waals surface area contributed by atoms with Crippen LogP contribution in [0.15, 0.2) is 0 Å². The molecule has 0 bridgehead atoms. The van der Waals surface area contributed by atoms with E-state index in [4.69, 9.17) is 5.26 Å². The van der Waals surface area contributed by atoms with Gasteiger partial charge in [-0.15, -0.1) is 0 Å². The molecular formula is C9H17NS. The summed E-state index contributed by atoms with van der Waals surface area (Å²) in [6.07, 6.45) is 5.14. The number of unbranched alkanes of at least 4 members (excludes halogenated alkanes) is 2. The molecule has 0 unspecified atom stereocenters. The minimum absolute atomic E-state index is 0.832. The van der Waals surface area contributed by atoms with E-state index in [9.17, 15) is 0 Å². The Balaban J connectivity index is 2.86. The predicted octanol–water partition coefficient (Wildman–Crippen LogP) is 3.42. The Morgan fingerprint density at radius 3 is 2.55 bits per heavy atom. The first-order valence-corrected chi connectivity index (χ1v) is 5.26. The molecule has 0 fully saturated rings. The van der Waals surface area contributed by atoms with Gasteiger partial charge in [0, 0.05) is 5.75 Å². The summed E-state index contributed by atoms with van der Waals surface area (Å²) in [5, 5.41) is 10.3. The number of hydrogen-bond acceptors (Lipinski definition) is 2. The van der Waals surface area contributed by atoms with Crippen molar-refractivity contribution in [3.05, 3.63) is 0 Å². The summed E-state index contributed by atoms with van der Waals surface area (Å²) in [5.41, 5.74) is 0. The van der Waals surface area contributed by atoms with Gasteiger partial charge >= 0.3 is 0 Å². The minimum Gasteiger partial charge on any atom is -0.185 e. The molecule has 11 heavy (non-hydrogen) atoms. The van der Waals surface area contributed by atoms with Crippen LogP contribution in [0.5, 0.6) is 0 Å². The molecule has 0 N–H and O–H groups in total. The normalized spacial score (nSPS) is 10.0. The summed E-state index contributed by atoms with van der Waals surface area (Å²) in [6, 6.07) is 0. The van der Waals surface area contributed by atoms with Crippen LogP contribution < -0.4 is 0 Å². The van der Waals surface area contributed by atoms with Crippen LogP contribution in [0.1, 0.15) is 39.5 Å². The molecule has 0 aliphatic carbocycles. The average molecular weight is 171 g/mol. The largest absolute Gasteiger partial charge is 0.185 e. The number of nitrogens with zero attached hydrogens (tertiary/aromatic N) is 1. The van der Waals surface area contributed by atoms with Crippen molar-refractivity contribution in [2.45, 2.75) is 39.5 Å². The summed E-state index contributed by atoms with van der Waals surface area (Å²) < 4.78 is 0. The zero-order valence-electron chi connectivity index (χ0n) is 7.47. The number of thioether (sulfide) groups is 1. The molecule has 0 aromatic heterocycles. The smallest absolute Gasteiger partial charge is 0.133 e. The maximum absolute atomic E-state index is 8.22. The molecule has 64 valence electrons. The van der Waals surface area contributed by atoms with Crippen molar-refractivity contribution in [3.8, 4) is 5.40 Å². The Kier molecular flexibility index (Phi) is 7.83. The van der Waals surface area contributed by atoms with Gasteiger partial charge in [-0.1, -0.05) is 33.1 Å². The second kappa shape index (κ2) is 7.94. The predicted molar refractivity (Wildman–Crippen MR) is 51.4 cm³/mol. The molecule has 0 saturated heterocycles. The Hall–Kier alpha value is -0.160. The van der Waals surface area contributed by atoms with Crippen LogP contribution in [0, 0.1) is 16.6 Å². The van der Waals surface area contributed by atoms with Crippen molar-refractivity contribution < 1.29 is 0 Å². The van der Waals surface area contributed by atoms with Gasteiger partial charge in [0.25, 0.3) is 0 Å². The summed E-state index contributed by atoms with van der Waals surface area (Å²) in [5.74, 6) is 1.84. The zero-order valence-corrected chi connectivity index (χ0v) is 8.28. The highest BCUT2D eigenvalue weighted by Crippen LogP contribution is 2.10. The molecule has 0 saturated carbocycles. The van der Waals surface area contributed by atoms with E-state index >= 15 is 0 Å². The first-order chi connectivity index (χ1) is 5.27. The summed E-state index contributed by atoms with van der Waals surface area (Å²) in [7, 11) is 0. The van der Waals surface area contributed by atoms with Gasteiger partial charge in [0.05, 0.1) is 0 Å². The van der Waals surface area contributed by atoms with Crippen LogP contribution in [-0.2, 0) is 0 Å². The number of thiocyanates is 1. The molecule has 0 aromatic carbocycles. The minimum atomic E-state index is 0.832. The Bertz CT molecular complexity index is 115. The first kappa shape index (κ1) is 10.8. The van der Waals surface area contributed by atoms with Gasteiger partial charge in [-0.25, -0.2) is 0 Å². The molecule has 2 heteroatoms. The van der Waals surface area contributed by atoms with Crippen molar-refractivity contribution in [3.63, 3.8) is 0 Å². The van der Waals surface area contributed by atoms with Gasteiger partial charge in [-0.05, 0) is 24.1 Å². The second-order valence-corrected chi connectivity index (χ2v) is 4.06. The molecule has 1 nitrogen and oxygen atoms in total. The quantitative estimate of drug-likeness (QED) is 0.451. The molecule has 0 aliphatic rings. The van der Waals surface area contributed by atoms with Gasteiger partial charge in [0.1, 0.15) is 5.40 Å². The lowest BCUT2D eigenvalue weighted by atomic mass is 10.1. The van der Waals surface area contributed by atoms with E-state index in [0.717, 1.165) is 11.7 Å². The van der Waals surface area contributed by atoms with Crippen molar-refractivity contribution in [2.24, 2.45) is 5.92 Å². The molecule has 0 rings (SSSR count). The van der Waals surface area contributed by atoms with E-state index < -0.39 is 0 Å². The average Bonchev–Trinajstić information content (AvgIpc) is 1.96. The molecule has 0 aliphatic heterocycles. The molecule has 0 atom stereocenters. The highest BCUT2D eigenvalue weighted by atomic mass is 32.2. The highest BCUT2D eigenvalue weighted by Gasteiger charge is 1.93. The number of nitriles is 1. The van der Waals surface area contributed by atoms with Crippen LogP contribution in [0.2, 0.25) is 0 Å². The lowest BCUT2D eigenvalue weighted by molar-refractivity contribution is 0.535. The standard InChI is InChI=1S/C9H17NS/c1-9(2)6-4-3-5-7-11-8-10/h9H,3-7H2,1-2H3. The van der Waals surface area contributed by atoms with Crippen molar-refractivity contribution in [1.29, 1.82) is 5.26 Å². The lowest BCUT2D eigenvalue weighted by Crippen LogP contribution is -1.87. The summed E-state index contributed by atoms with van der Waals surface area (Å²) in [4.78, 5) is 0. The first-order valence-electron chi connectivity index (χ1n) is 4.28. The van der Waals surface area contributed by atoms with Crippen LogP contribution in [-0.4, -0.2) is 5.75 Å². The molecule has 0 amide bonds. The van der Waals surface area contributed by atoms with Gasteiger partial charge in [0.2, 0.25) is 0 Å². The Morgan fingerprint density at radius 1 is 1.27 bits per heavy atom. The Morgan fingerprint density at radius 2 is 2.00 bits per heavy atom. The van der Waals surface area contributed by atoms with Crippen LogP contribution in [0.4, 0.5) is 0 Å². The maximum atomic E-state index is 8.22. The number of hydrogen-bond donors (Lipinski definition) is 0. The fourth-order valence-corrected chi connectivity index (χ4v) is 1.39. The van der Waals surface area contributed by atoms with Crippen molar-refractivity contribution >= 4 is 11.8 Å². The molecule has 0 aromatic rings. The third-order valence-corrected chi connectivity index (χ3v) is 2.21. The van der Waals surface area contributed by atoms with Gasteiger partial charge < -0.3 is 0 Å². The topological polar surface area (TPSA) is 23.8 Å². The third-order valence-electron chi connectivity index (χ3n) is 1.59. The molecule has 0 heterocycles. The van der Waals surface area contributed by atoms with E-state index in [1.807, 2.05) is 0 Å². The van der Waals surface area contributed by atoms with E-state index in [2.05, 4.69) is 19.2 Å². The van der Waals surface area contributed by atoms with E-state index in [0.29, 0.717) is 0 Å². The van der Waals surface area contributed by atoms with E-state index in [1.54, 1.807) is 0 Å². The van der Waals surface area contributed by atoms with Crippen molar-refractivity contribution in [1.82, 2.24) is 0 Å². The van der Waals surface area contributed by atoms with E-state index in [1.165, 1.54) is 37.4 Å². The van der Waals surface area contributed by atoms with Gasteiger partial charge in [-0.3, -0.25) is 0 Å². The fourth-order valence-electron chi connectivity index (χ4n) is 0.949. The third kappa shape index (κ3) is 9.84. The van der Waals surface area contributed by atoms with Crippen LogP contribution in [0.25, 0.3) is 0 Å². The molecular weight excluding hydrogens is 154 g/mol. The molecule has 0 spiro atoms. The summed E-state index contributed by atoms with van der Waals surface area (Å²) in [6.45, 7) is 4.51. The van der Waals surface area contributed by atoms with Crippen LogP contribution in [0.3, 0.4) is 0 Å². The fraction of sp³-hybridized carbons (Fsp3) is 0.889. The Labute approximate surface area is 74.2 Å². The van der Waals surface area contributed by atoms with Crippen molar-refractivity contribution in [2.75, 3.05) is 5.75 Å². The lowest BCUT2D eigenvalue weighted by Gasteiger charge is -2.02. The van der Waals surface area contributed by atoms with Gasteiger partial charge in [0.15, 0.2) is 0 Å². The SMILES string of the molecule is CC(C)CCCCCSC#N. The number of rotatable bonds is 6. The van der Waals surface area contributed by atoms with Crippen LogP contribution >= 0.6 is 11.8 Å². The highest BCUT2D eigenvalue weighted by molar-refractivity contribution is 8.03. The summed E-state index contributed by atoms with van der Waals surface area (Å²) >= 11 is 1.37. The molecule has 0 radical (unpaired) electrons. The zero-order chi connectivity index (χ0) is 8.53. The van der Waals surface area contributed by atoms with E-state index in [-0.39, 0.29) is 0 Å². The maximum Gasteiger partial charge on any atom is 0.133 e. The van der Waals surface area contributed by atoms with Gasteiger partial charge in [-0.2, -0.15) is 5.26 Å².